The maximum atomic E-state index is 14.2. The van der Waals surface area contributed by atoms with E-state index >= 15 is 0 Å². The Hall–Kier alpha value is -1.77. The summed E-state index contributed by atoms with van der Waals surface area (Å²) in [6, 6.07) is 7.29. The summed E-state index contributed by atoms with van der Waals surface area (Å²) in [5.74, 6) is 0.153. The number of aliphatic hydroxyl groups is 4. The number of fused-ring (bicyclic) bond motifs is 6. The van der Waals surface area contributed by atoms with E-state index in [4.69, 9.17) is 4.74 Å². The van der Waals surface area contributed by atoms with Crippen LogP contribution < -0.4 is 0 Å². The van der Waals surface area contributed by atoms with Gasteiger partial charge in [0.25, 0.3) is 0 Å². The predicted molar refractivity (Wildman–Crippen MR) is 175 cm³/mol. The fourth-order valence-electron chi connectivity index (χ4n) is 12.4. The number of aryl methyl sites for hydroxylation is 1. The Bertz CT molecular complexity index is 1390. The number of aromatic hydroxyl groups is 1. The molecule has 6 aliphatic rings. The molecule has 1 aromatic rings. The summed E-state index contributed by atoms with van der Waals surface area (Å²) in [4.78, 5) is 14.2. The van der Waals surface area contributed by atoms with E-state index in [0.717, 1.165) is 43.2 Å². The van der Waals surface area contributed by atoms with Gasteiger partial charge in [-0.25, -0.2) is 0 Å². The fourth-order valence-corrected chi connectivity index (χ4v) is 12.4. The van der Waals surface area contributed by atoms with Crippen molar-refractivity contribution in [1.29, 1.82) is 0 Å². The third kappa shape index (κ3) is 4.30. The van der Waals surface area contributed by atoms with E-state index in [-0.39, 0.29) is 47.9 Å². The highest BCUT2D eigenvalue weighted by molar-refractivity contribution is 5.95. The molecule has 5 fully saturated rings. The molecule has 7 nitrogen and oxygen atoms in total. The van der Waals surface area contributed by atoms with Crippen LogP contribution in [0.2, 0.25) is 0 Å². The number of phenolic OH excluding ortho intramolecular Hbond substituents is 1. The highest BCUT2D eigenvalue weighted by atomic mass is 16.6. The first-order chi connectivity index (χ1) is 21.6. The maximum Gasteiger partial charge on any atom is 0.159 e. The summed E-state index contributed by atoms with van der Waals surface area (Å²) in [5, 5.41) is 58.8. The van der Waals surface area contributed by atoms with E-state index in [0.29, 0.717) is 43.9 Å². The average molecular weight is 637 g/mol. The summed E-state index contributed by atoms with van der Waals surface area (Å²) in [5.41, 5.74) is -2.55. The summed E-state index contributed by atoms with van der Waals surface area (Å²) < 4.78 is 6.26. The van der Waals surface area contributed by atoms with Crippen molar-refractivity contribution in [2.24, 2.45) is 45.8 Å². The Labute approximate surface area is 274 Å². The number of phenols is 1. The minimum atomic E-state index is -1.31. The molecule has 5 aliphatic carbocycles. The van der Waals surface area contributed by atoms with Gasteiger partial charge in [0.05, 0.1) is 29.5 Å². The number of allylic oxidation sites excluding steroid dienone is 1. The molecule has 1 heterocycles. The number of epoxide rings is 1. The van der Waals surface area contributed by atoms with Gasteiger partial charge >= 0.3 is 0 Å². The number of aliphatic hydroxyl groups excluding tert-OH is 2. The molecule has 7 heteroatoms. The van der Waals surface area contributed by atoms with Crippen LogP contribution in [0.25, 0.3) is 0 Å². The van der Waals surface area contributed by atoms with Crippen molar-refractivity contribution in [3.63, 3.8) is 0 Å². The molecular formula is C39H56O7. The quantitative estimate of drug-likeness (QED) is 0.250. The first-order valence-electron chi connectivity index (χ1n) is 18.1. The van der Waals surface area contributed by atoms with Crippen LogP contribution in [0, 0.1) is 45.8 Å². The number of benzene rings is 1. The largest absolute Gasteiger partial charge is 0.508 e. The summed E-state index contributed by atoms with van der Waals surface area (Å²) in [7, 11) is 0. The van der Waals surface area contributed by atoms with Gasteiger partial charge in [-0.3, -0.25) is 4.79 Å². The lowest BCUT2D eigenvalue weighted by Crippen LogP contribution is -2.68. The molecule has 4 saturated carbocycles. The first kappa shape index (κ1) is 32.8. The van der Waals surface area contributed by atoms with Crippen LogP contribution in [0.4, 0.5) is 0 Å². The molecular weight excluding hydrogens is 580 g/mol. The van der Waals surface area contributed by atoms with Gasteiger partial charge in [0.15, 0.2) is 5.78 Å². The van der Waals surface area contributed by atoms with Crippen LogP contribution in [0.15, 0.2) is 35.9 Å². The standard InChI is InChI=1S/C39H56O7/c1-22(2)23(3)32-34(46-32)36(5,44)31-13-18-39(45)27-20-29(41)28-21-30(42)33(43)38(14-6-7-15-38)35(28,4)26(27)12-17-37(31,39)16-11-24-9-8-10-25(40)19-24/h8-10,19-20,22-23,26,28,30-34,40,42-45H,6-7,11-18,21H2,1-5H3. The zero-order chi connectivity index (χ0) is 33.0. The Balaban J connectivity index is 1.32. The van der Waals surface area contributed by atoms with Crippen LogP contribution in [-0.4, -0.2) is 66.9 Å². The van der Waals surface area contributed by atoms with Gasteiger partial charge in [0.1, 0.15) is 11.9 Å². The van der Waals surface area contributed by atoms with Gasteiger partial charge in [-0.1, -0.05) is 52.7 Å². The number of hydrogen-bond acceptors (Lipinski definition) is 7. The van der Waals surface area contributed by atoms with Crippen molar-refractivity contribution in [1.82, 2.24) is 0 Å². The third-order valence-corrected chi connectivity index (χ3v) is 15.2. The van der Waals surface area contributed by atoms with Crippen LogP contribution in [-0.2, 0) is 16.0 Å². The monoisotopic (exact) mass is 636 g/mol. The smallest absolute Gasteiger partial charge is 0.159 e. The molecule has 7 rings (SSSR count). The second kappa shape index (κ2) is 10.9. The summed E-state index contributed by atoms with van der Waals surface area (Å²) in [6.45, 7) is 10.7. The highest BCUT2D eigenvalue weighted by Gasteiger charge is 2.75. The van der Waals surface area contributed by atoms with Gasteiger partial charge in [0.2, 0.25) is 0 Å². The van der Waals surface area contributed by atoms with Crippen molar-refractivity contribution in [3.05, 3.63) is 41.5 Å². The Kier molecular flexibility index (Phi) is 7.74. The summed E-state index contributed by atoms with van der Waals surface area (Å²) in [6.07, 6.45) is 7.08. The molecule has 12 atom stereocenters. The lowest BCUT2D eigenvalue weighted by Gasteiger charge is -2.67. The Morgan fingerprint density at radius 2 is 1.76 bits per heavy atom. The van der Waals surface area contributed by atoms with Crippen molar-refractivity contribution < 1.29 is 35.1 Å². The van der Waals surface area contributed by atoms with Crippen LogP contribution in [0.3, 0.4) is 0 Å². The maximum absolute atomic E-state index is 14.2. The highest BCUT2D eigenvalue weighted by Crippen LogP contribution is 2.74. The van der Waals surface area contributed by atoms with Crippen LogP contribution in [0.1, 0.15) is 104 Å². The second-order valence-corrected chi connectivity index (χ2v) is 17.2. The van der Waals surface area contributed by atoms with Gasteiger partial charge in [0, 0.05) is 16.7 Å². The number of carbonyl (C=O) groups is 1. The molecule has 12 unspecified atom stereocenters. The molecule has 1 saturated heterocycles. The molecule has 1 aromatic carbocycles. The van der Waals surface area contributed by atoms with E-state index < -0.39 is 39.7 Å². The van der Waals surface area contributed by atoms with E-state index in [9.17, 15) is 30.3 Å². The predicted octanol–water partition coefficient (Wildman–Crippen LogP) is 5.49. The van der Waals surface area contributed by atoms with Crippen LogP contribution in [0.5, 0.6) is 5.75 Å². The van der Waals surface area contributed by atoms with E-state index in [1.807, 2.05) is 19.1 Å². The summed E-state index contributed by atoms with van der Waals surface area (Å²) >= 11 is 0. The molecule has 1 aliphatic heterocycles. The van der Waals surface area contributed by atoms with Crippen molar-refractivity contribution >= 4 is 5.78 Å². The molecule has 46 heavy (non-hydrogen) atoms. The van der Waals surface area contributed by atoms with Gasteiger partial charge < -0.3 is 30.3 Å². The van der Waals surface area contributed by atoms with E-state index in [1.54, 1.807) is 18.2 Å². The number of hydrogen-bond donors (Lipinski definition) is 5. The van der Waals surface area contributed by atoms with Gasteiger partial charge in [-0.2, -0.15) is 0 Å². The molecule has 1 spiro atoms. The Morgan fingerprint density at radius 3 is 2.43 bits per heavy atom. The third-order valence-electron chi connectivity index (χ3n) is 15.2. The zero-order valence-electron chi connectivity index (χ0n) is 28.4. The minimum Gasteiger partial charge on any atom is -0.508 e. The topological polar surface area (TPSA) is 131 Å². The number of carbonyl (C=O) groups excluding carboxylic acids is 1. The lowest BCUT2D eigenvalue weighted by atomic mass is 9.38. The van der Waals surface area contributed by atoms with E-state index in [2.05, 4.69) is 27.7 Å². The average Bonchev–Trinajstić information content (AvgIpc) is 3.55. The lowest BCUT2D eigenvalue weighted by molar-refractivity contribution is -0.219. The van der Waals surface area contributed by atoms with Gasteiger partial charge in [-0.15, -0.1) is 0 Å². The molecule has 0 radical (unpaired) electrons. The molecule has 254 valence electrons. The normalized spacial score (nSPS) is 44.7. The first-order valence-corrected chi connectivity index (χ1v) is 18.1. The second-order valence-electron chi connectivity index (χ2n) is 17.2. The molecule has 5 N–H and O–H groups in total. The number of rotatable bonds is 7. The minimum absolute atomic E-state index is 0.0318. The molecule has 0 bridgehead atoms. The fraction of sp³-hybridized carbons (Fsp3) is 0.769. The molecule has 0 amide bonds. The van der Waals surface area contributed by atoms with E-state index in [1.165, 1.54) is 0 Å². The number of ether oxygens (including phenoxy) is 1. The van der Waals surface area contributed by atoms with Crippen molar-refractivity contribution in [2.75, 3.05) is 0 Å². The van der Waals surface area contributed by atoms with Crippen molar-refractivity contribution in [3.8, 4) is 5.75 Å². The van der Waals surface area contributed by atoms with Crippen LogP contribution >= 0.6 is 0 Å². The molecule has 0 aromatic heterocycles. The SMILES string of the molecule is CC(C)C(C)C1OC1C(C)(O)C1CCC2(O)C3=CC(=O)C4CC(O)C(O)C5(CCCC5)C4(C)C3CCC12CCc1cccc(O)c1. The number of ketones is 1. The zero-order valence-corrected chi connectivity index (χ0v) is 28.4. The van der Waals surface area contributed by atoms with Gasteiger partial charge in [-0.05, 0) is 123 Å². The van der Waals surface area contributed by atoms with Crippen molar-refractivity contribution in [2.45, 2.75) is 141 Å². The Morgan fingerprint density at radius 1 is 1.04 bits per heavy atom.